The Labute approximate surface area is 231 Å². The molecule has 9 heteroatoms. The molecular weight excluding hydrogens is 567 g/mol. The summed E-state index contributed by atoms with van der Waals surface area (Å²) < 4.78 is 6.29. The first kappa shape index (κ1) is 28.5. The van der Waals surface area contributed by atoms with Crippen LogP contribution in [0.25, 0.3) is 0 Å². The molecule has 6 nitrogen and oxygen atoms in total. The summed E-state index contributed by atoms with van der Waals surface area (Å²) in [5, 5.41) is 0.682. The zero-order valence-corrected chi connectivity index (χ0v) is 24.0. The van der Waals surface area contributed by atoms with E-state index < -0.39 is 17.2 Å². The van der Waals surface area contributed by atoms with E-state index in [1.165, 1.54) is 0 Å². The summed E-state index contributed by atoms with van der Waals surface area (Å²) in [5.74, 6) is -0.568. The molecule has 0 bridgehead atoms. The number of halogens is 3. The van der Waals surface area contributed by atoms with Gasteiger partial charge in [0.1, 0.15) is 11.1 Å². The predicted molar refractivity (Wildman–Crippen MR) is 147 cm³/mol. The second-order valence-corrected chi connectivity index (χ2v) is 12.0. The second kappa shape index (κ2) is 11.5. The topological polar surface area (TPSA) is 66.9 Å². The number of nitrogens with zero attached hydrogens (tertiary/aromatic N) is 2. The van der Waals surface area contributed by atoms with Gasteiger partial charge in [0.05, 0.1) is 5.69 Å². The van der Waals surface area contributed by atoms with Crippen LogP contribution in [-0.4, -0.2) is 40.5 Å². The smallest absolute Gasteiger partial charge is 0.332 e. The highest BCUT2D eigenvalue weighted by Crippen LogP contribution is 2.37. The summed E-state index contributed by atoms with van der Waals surface area (Å²) >= 11 is 15.8. The quantitative estimate of drug-likeness (QED) is 0.171. The molecule has 0 N–H and O–H groups in total. The molecule has 3 rings (SSSR count). The van der Waals surface area contributed by atoms with Gasteiger partial charge >= 0.3 is 12.0 Å². The lowest BCUT2D eigenvalue weighted by molar-refractivity contribution is -0.154. The molecule has 1 saturated heterocycles. The maximum Gasteiger partial charge on any atom is 0.332 e. The van der Waals surface area contributed by atoms with Gasteiger partial charge in [-0.2, -0.15) is 0 Å². The number of carbonyl (C=O) groups is 3. The molecule has 2 aromatic carbocycles. The average molecular weight is 598 g/mol. The minimum absolute atomic E-state index is 0.237. The van der Waals surface area contributed by atoms with Gasteiger partial charge in [0, 0.05) is 33.9 Å². The van der Waals surface area contributed by atoms with E-state index in [1.54, 1.807) is 30.0 Å². The van der Waals surface area contributed by atoms with E-state index in [0.29, 0.717) is 54.4 Å². The third-order valence-electron chi connectivity index (χ3n) is 5.93. The van der Waals surface area contributed by atoms with E-state index >= 15 is 0 Å². The van der Waals surface area contributed by atoms with E-state index in [2.05, 4.69) is 15.9 Å². The van der Waals surface area contributed by atoms with E-state index in [9.17, 15) is 14.4 Å². The molecular formula is C27H31BrCl2N2O4. The number of amides is 3. The Morgan fingerprint density at radius 2 is 1.61 bits per heavy atom. The third kappa shape index (κ3) is 7.02. The Kier molecular flexibility index (Phi) is 9.12. The number of unbranched alkanes of at least 4 members (excludes halogenated alkanes) is 2. The van der Waals surface area contributed by atoms with Crippen molar-refractivity contribution < 1.29 is 19.1 Å². The van der Waals surface area contributed by atoms with Gasteiger partial charge in [0.15, 0.2) is 0 Å². The normalized spacial score (nSPS) is 18.2. The van der Waals surface area contributed by atoms with Crippen molar-refractivity contribution in [2.24, 2.45) is 0 Å². The summed E-state index contributed by atoms with van der Waals surface area (Å²) in [6.45, 7) is 7.68. The van der Waals surface area contributed by atoms with Crippen molar-refractivity contribution in [2.45, 2.75) is 70.9 Å². The zero-order valence-electron chi connectivity index (χ0n) is 20.9. The number of hydrogen-bond donors (Lipinski definition) is 0. The largest absolute Gasteiger partial charge is 0.460 e. The molecule has 1 aliphatic rings. The number of hydrogen-bond acceptors (Lipinski definition) is 4. The fraction of sp³-hybridized carbons (Fsp3) is 0.444. The van der Waals surface area contributed by atoms with Crippen LogP contribution in [0.15, 0.2) is 46.9 Å². The molecule has 0 aromatic heterocycles. The van der Waals surface area contributed by atoms with Gasteiger partial charge in [0.25, 0.3) is 5.91 Å². The Morgan fingerprint density at radius 3 is 2.19 bits per heavy atom. The van der Waals surface area contributed by atoms with Crippen LogP contribution >= 0.6 is 39.1 Å². The van der Waals surface area contributed by atoms with Crippen molar-refractivity contribution in [3.63, 3.8) is 0 Å². The number of carbonyl (C=O) groups excluding carboxylic acids is 3. The molecule has 0 spiro atoms. The number of rotatable bonds is 9. The van der Waals surface area contributed by atoms with Crippen LogP contribution in [0.5, 0.6) is 0 Å². The molecule has 1 heterocycles. The zero-order chi connectivity index (χ0) is 26.7. The van der Waals surface area contributed by atoms with Gasteiger partial charge in [0.2, 0.25) is 0 Å². The molecule has 0 aliphatic carbocycles. The second-order valence-electron chi connectivity index (χ2n) is 10.2. The molecule has 194 valence electrons. The number of esters is 1. The SMILES string of the molecule is CC(C)(C)OC(=O)CCCCCN1C(=O)N(c2cc(Cl)cc(Cl)c2)C(=O)[C@@]1(C)Cc1ccc(Br)cc1. The van der Waals surface area contributed by atoms with Crippen LogP contribution in [0, 0.1) is 0 Å². The first-order valence-corrected chi connectivity index (χ1v) is 13.4. The Bertz CT molecular complexity index is 1110. The first-order chi connectivity index (χ1) is 16.8. The van der Waals surface area contributed by atoms with Crippen LogP contribution < -0.4 is 4.90 Å². The van der Waals surface area contributed by atoms with Crippen molar-refractivity contribution in [2.75, 3.05) is 11.4 Å². The molecule has 1 atom stereocenters. The van der Waals surface area contributed by atoms with Crippen molar-refractivity contribution >= 4 is 62.7 Å². The molecule has 1 aliphatic heterocycles. The predicted octanol–water partition coefficient (Wildman–Crippen LogP) is 7.43. The molecule has 0 saturated carbocycles. The number of urea groups is 1. The minimum atomic E-state index is -1.09. The summed E-state index contributed by atoms with van der Waals surface area (Å²) in [6, 6.07) is 12.0. The molecule has 36 heavy (non-hydrogen) atoms. The molecule has 0 radical (unpaired) electrons. The van der Waals surface area contributed by atoms with Crippen molar-refractivity contribution in [3.8, 4) is 0 Å². The van der Waals surface area contributed by atoms with Gasteiger partial charge < -0.3 is 9.64 Å². The minimum Gasteiger partial charge on any atom is -0.460 e. The van der Waals surface area contributed by atoms with Gasteiger partial charge in [-0.05, 0) is 76.4 Å². The van der Waals surface area contributed by atoms with Gasteiger partial charge in [-0.3, -0.25) is 9.59 Å². The Hall–Kier alpha value is -2.09. The van der Waals surface area contributed by atoms with Crippen molar-refractivity contribution in [1.82, 2.24) is 4.90 Å². The number of imide groups is 1. The summed E-state index contributed by atoms with van der Waals surface area (Å²) in [5.41, 5.74) is -0.328. The molecule has 3 amide bonds. The number of benzene rings is 2. The van der Waals surface area contributed by atoms with Crippen LogP contribution in [0.2, 0.25) is 10.0 Å². The molecule has 0 unspecified atom stereocenters. The van der Waals surface area contributed by atoms with Crippen LogP contribution in [0.3, 0.4) is 0 Å². The highest BCUT2D eigenvalue weighted by atomic mass is 79.9. The van der Waals surface area contributed by atoms with Gasteiger partial charge in [-0.1, -0.05) is 57.7 Å². The first-order valence-electron chi connectivity index (χ1n) is 11.9. The van der Waals surface area contributed by atoms with Gasteiger partial charge in [-0.15, -0.1) is 0 Å². The number of ether oxygens (including phenoxy) is 1. The summed E-state index contributed by atoms with van der Waals surface area (Å²) in [7, 11) is 0. The summed E-state index contributed by atoms with van der Waals surface area (Å²) in [6.07, 6.45) is 2.67. The van der Waals surface area contributed by atoms with E-state index in [4.69, 9.17) is 27.9 Å². The standard InChI is InChI=1S/C27H31BrCl2N2O4/c1-26(2,3)36-23(33)8-6-5-7-13-31-25(35)32(22-15-20(29)14-21(30)16-22)24(34)27(31,4)17-18-9-11-19(28)12-10-18/h9-12,14-16H,5-8,13,17H2,1-4H3/t27-/m1/s1. The van der Waals surface area contributed by atoms with Crippen molar-refractivity contribution in [3.05, 3.63) is 62.5 Å². The lowest BCUT2D eigenvalue weighted by Crippen LogP contribution is -2.49. The van der Waals surface area contributed by atoms with E-state index in [-0.39, 0.29) is 11.9 Å². The fourth-order valence-corrected chi connectivity index (χ4v) is 5.07. The Balaban J connectivity index is 1.78. The maximum atomic E-state index is 13.8. The lowest BCUT2D eigenvalue weighted by atomic mass is 9.91. The summed E-state index contributed by atoms with van der Waals surface area (Å²) in [4.78, 5) is 42.1. The van der Waals surface area contributed by atoms with Crippen LogP contribution in [0.1, 0.15) is 58.9 Å². The molecule has 2 aromatic rings. The lowest BCUT2D eigenvalue weighted by Gasteiger charge is -2.32. The average Bonchev–Trinajstić information content (AvgIpc) is 2.93. The molecule has 1 fully saturated rings. The number of anilines is 1. The Morgan fingerprint density at radius 1 is 1.00 bits per heavy atom. The highest BCUT2D eigenvalue weighted by Gasteiger charge is 2.54. The fourth-order valence-electron chi connectivity index (χ4n) is 4.29. The van der Waals surface area contributed by atoms with Crippen LogP contribution in [-0.2, 0) is 20.7 Å². The third-order valence-corrected chi connectivity index (χ3v) is 6.90. The monoisotopic (exact) mass is 596 g/mol. The van der Waals surface area contributed by atoms with Crippen molar-refractivity contribution in [1.29, 1.82) is 0 Å². The van der Waals surface area contributed by atoms with E-state index in [1.807, 2.05) is 45.0 Å². The van der Waals surface area contributed by atoms with Gasteiger partial charge in [-0.25, -0.2) is 9.69 Å². The maximum absolute atomic E-state index is 13.8. The van der Waals surface area contributed by atoms with Crippen LogP contribution in [0.4, 0.5) is 10.5 Å². The van der Waals surface area contributed by atoms with E-state index in [0.717, 1.165) is 14.9 Å². The highest BCUT2D eigenvalue weighted by molar-refractivity contribution is 9.10.